The summed E-state index contributed by atoms with van der Waals surface area (Å²) < 4.78 is 7.18. The van der Waals surface area contributed by atoms with E-state index in [1.807, 2.05) is 29.9 Å². The minimum absolute atomic E-state index is 0.0151. The van der Waals surface area contributed by atoms with Gasteiger partial charge in [-0.25, -0.2) is 0 Å². The van der Waals surface area contributed by atoms with E-state index >= 15 is 0 Å². The van der Waals surface area contributed by atoms with Crippen molar-refractivity contribution in [3.8, 4) is 5.75 Å². The zero-order valence-electron chi connectivity index (χ0n) is 10.9. The average molecular weight is 246 g/mol. The molecule has 0 aliphatic carbocycles. The quantitative estimate of drug-likeness (QED) is 0.869. The minimum atomic E-state index is -0.0151. The van der Waals surface area contributed by atoms with Crippen LogP contribution in [-0.2, 0) is 7.05 Å². The maximum Gasteiger partial charge on any atom is 0.161 e. The monoisotopic (exact) mass is 246 g/mol. The van der Waals surface area contributed by atoms with Crippen LogP contribution in [-0.4, -0.2) is 28.4 Å². The number of aromatic nitrogens is 3. The number of rotatable bonds is 5. The molecule has 0 bridgehead atoms. The van der Waals surface area contributed by atoms with Crippen LogP contribution in [0.3, 0.4) is 0 Å². The molecular formula is C13H18N4O. The summed E-state index contributed by atoms with van der Waals surface area (Å²) in [6.07, 6.45) is 3.52. The number of ether oxygens (including phenoxy) is 1. The molecule has 2 aromatic rings. The normalized spacial score (nSPS) is 12.4. The fraction of sp³-hybridized carbons (Fsp3) is 0.385. The van der Waals surface area contributed by atoms with E-state index < -0.39 is 0 Å². The molecule has 96 valence electrons. The first-order valence-electron chi connectivity index (χ1n) is 5.98. The van der Waals surface area contributed by atoms with E-state index in [1.165, 1.54) is 0 Å². The molecule has 2 aromatic heterocycles. The highest BCUT2D eigenvalue weighted by molar-refractivity contribution is 5.33. The second kappa shape index (κ2) is 5.64. The van der Waals surface area contributed by atoms with Crippen molar-refractivity contribution in [2.75, 3.05) is 13.7 Å². The lowest BCUT2D eigenvalue weighted by Crippen LogP contribution is -2.25. The molecule has 2 rings (SSSR count). The van der Waals surface area contributed by atoms with Crippen molar-refractivity contribution in [2.24, 2.45) is 7.05 Å². The van der Waals surface area contributed by atoms with Crippen LogP contribution in [0.1, 0.15) is 24.4 Å². The summed E-state index contributed by atoms with van der Waals surface area (Å²) in [6.45, 7) is 2.91. The Morgan fingerprint density at radius 2 is 2.28 bits per heavy atom. The van der Waals surface area contributed by atoms with Crippen molar-refractivity contribution in [3.05, 3.63) is 42.0 Å². The van der Waals surface area contributed by atoms with Gasteiger partial charge in [0.2, 0.25) is 0 Å². The van der Waals surface area contributed by atoms with E-state index in [-0.39, 0.29) is 6.04 Å². The summed E-state index contributed by atoms with van der Waals surface area (Å²) in [5.74, 6) is 0.772. The second-order valence-electron chi connectivity index (χ2n) is 3.97. The highest BCUT2D eigenvalue weighted by Gasteiger charge is 2.22. The summed E-state index contributed by atoms with van der Waals surface area (Å²) in [5.41, 5.74) is 1.94. The van der Waals surface area contributed by atoms with Crippen molar-refractivity contribution >= 4 is 0 Å². The van der Waals surface area contributed by atoms with Gasteiger partial charge < -0.3 is 10.1 Å². The van der Waals surface area contributed by atoms with Gasteiger partial charge in [0.25, 0.3) is 0 Å². The fourth-order valence-electron chi connectivity index (χ4n) is 2.01. The largest absolute Gasteiger partial charge is 0.493 e. The molecule has 18 heavy (non-hydrogen) atoms. The van der Waals surface area contributed by atoms with Crippen molar-refractivity contribution < 1.29 is 4.74 Å². The first-order chi connectivity index (χ1) is 8.77. The van der Waals surface area contributed by atoms with Crippen LogP contribution in [0.5, 0.6) is 5.75 Å². The molecule has 0 amide bonds. The zero-order chi connectivity index (χ0) is 13.0. The Bertz CT molecular complexity index is 495. The Morgan fingerprint density at radius 1 is 1.44 bits per heavy atom. The number of nitrogens with one attached hydrogen (secondary N) is 1. The number of methoxy groups -OCH3 is 1. The van der Waals surface area contributed by atoms with Crippen LogP contribution < -0.4 is 10.1 Å². The summed E-state index contributed by atoms with van der Waals surface area (Å²) in [7, 11) is 3.56. The molecule has 0 saturated heterocycles. The molecule has 1 atom stereocenters. The highest BCUT2D eigenvalue weighted by Crippen LogP contribution is 2.28. The lowest BCUT2D eigenvalue weighted by Gasteiger charge is -2.18. The lowest BCUT2D eigenvalue weighted by molar-refractivity contribution is 0.400. The maximum atomic E-state index is 5.36. The van der Waals surface area contributed by atoms with Crippen LogP contribution in [0.4, 0.5) is 0 Å². The Hall–Kier alpha value is -1.88. The Labute approximate surface area is 107 Å². The van der Waals surface area contributed by atoms with Gasteiger partial charge in [-0.3, -0.25) is 9.67 Å². The predicted octanol–water partition coefficient (Wildman–Crippen LogP) is 1.52. The van der Waals surface area contributed by atoms with E-state index in [0.717, 1.165) is 23.7 Å². The number of pyridine rings is 1. The molecule has 5 nitrogen and oxygen atoms in total. The molecule has 2 heterocycles. The first kappa shape index (κ1) is 12.6. The molecule has 0 aliphatic heterocycles. The second-order valence-corrected chi connectivity index (χ2v) is 3.97. The number of aryl methyl sites for hydroxylation is 1. The Morgan fingerprint density at radius 3 is 2.89 bits per heavy atom. The van der Waals surface area contributed by atoms with Gasteiger partial charge >= 0.3 is 0 Å². The van der Waals surface area contributed by atoms with Gasteiger partial charge in [0.05, 0.1) is 25.0 Å². The first-order valence-corrected chi connectivity index (χ1v) is 5.98. The van der Waals surface area contributed by atoms with E-state index in [1.54, 1.807) is 19.5 Å². The third kappa shape index (κ3) is 2.36. The van der Waals surface area contributed by atoms with E-state index in [4.69, 9.17) is 4.74 Å². The van der Waals surface area contributed by atoms with Crippen LogP contribution in [0.15, 0.2) is 30.6 Å². The zero-order valence-corrected chi connectivity index (χ0v) is 10.9. The van der Waals surface area contributed by atoms with Gasteiger partial charge in [0.1, 0.15) is 5.69 Å². The third-order valence-corrected chi connectivity index (χ3v) is 2.83. The molecule has 5 heteroatoms. The lowest BCUT2D eigenvalue weighted by atomic mass is 10.1. The van der Waals surface area contributed by atoms with Gasteiger partial charge in [-0.1, -0.05) is 13.0 Å². The van der Waals surface area contributed by atoms with Gasteiger partial charge in [-0.15, -0.1) is 0 Å². The van der Waals surface area contributed by atoms with E-state index in [2.05, 4.69) is 22.3 Å². The standard InChI is InChI=1S/C13H18N4O/c1-4-14-12(10-7-5-6-8-15-10)13-11(18-3)9-16-17(13)2/h5-9,12,14H,4H2,1-3H3. The number of nitrogens with zero attached hydrogens (tertiary/aromatic N) is 3. The van der Waals surface area contributed by atoms with E-state index in [0.29, 0.717) is 0 Å². The van der Waals surface area contributed by atoms with Crippen molar-refractivity contribution in [3.63, 3.8) is 0 Å². The predicted molar refractivity (Wildman–Crippen MR) is 69.5 cm³/mol. The van der Waals surface area contributed by atoms with Crippen molar-refractivity contribution in [1.82, 2.24) is 20.1 Å². The Kier molecular flexibility index (Phi) is 3.94. The summed E-state index contributed by atoms with van der Waals surface area (Å²) in [5, 5.41) is 7.65. The van der Waals surface area contributed by atoms with Gasteiger partial charge in [-0.05, 0) is 18.7 Å². The molecule has 0 aromatic carbocycles. The molecule has 1 unspecified atom stereocenters. The van der Waals surface area contributed by atoms with Crippen LogP contribution >= 0.6 is 0 Å². The van der Waals surface area contributed by atoms with Gasteiger partial charge in [0.15, 0.2) is 5.75 Å². The molecular weight excluding hydrogens is 228 g/mol. The number of hydrogen-bond acceptors (Lipinski definition) is 4. The minimum Gasteiger partial charge on any atom is -0.493 e. The molecule has 0 spiro atoms. The summed E-state index contributed by atoms with van der Waals surface area (Å²) in [4.78, 5) is 4.41. The molecule has 0 radical (unpaired) electrons. The van der Waals surface area contributed by atoms with Crippen molar-refractivity contribution in [1.29, 1.82) is 0 Å². The van der Waals surface area contributed by atoms with Crippen molar-refractivity contribution in [2.45, 2.75) is 13.0 Å². The molecule has 0 saturated carbocycles. The smallest absolute Gasteiger partial charge is 0.161 e. The molecule has 0 fully saturated rings. The van der Waals surface area contributed by atoms with Crippen LogP contribution in [0.2, 0.25) is 0 Å². The summed E-state index contributed by atoms with van der Waals surface area (Å²) in [6, 6.07) is 5.88. The van der Waals surface area contributed by atoms with Crippen LogP contribution in [0.25, 0.3) is 0 Å². The topological polar surface area (TPSA) is 52.0 Å². The maximum absolute atomic E-state index is 5.36. The molecule has 1 N–H and O–H groups in total. The van der Waals surface area contributed by atoms with Gasteiger partial charge in [0, 0.05) is 13.2 Å². The SMILES string of the molecule is CCNC(c1ccccn1)c1c(OC)cnn1C. The number of hydrogen-bond donors (Lipinski definition) is 1. The highest BCUT2D eigenvalue weighted by atomic mass is 16.5. The Balaban J connectivity index is 2.44. The summed E-state index contributed by atoms with van der Waals surface area (Å²) >= 11 is 0. The average Bonchev–Trinajstić information content (AvgIpc) is 2.78. The third-order valence-electron chi connectivity index (χ3n) is 2.83. The fourth-order valence-corrected chi connectivity index (χ4v) is 2.01. The molecule has 0 aliphatic rings. The van der Waals surface area contributed by atoms with E-state index in [9.17, 15) is 0 Å². The van der Waals surface area contributed by atoms with Crippen LogP contribution in [0, 0.1) is 0 Å². The van der Waals surface area contributed by atoms with Gasteiger partial charge in [-0.2, -0.15) is 5.10 Å².